The Hall–Kier alpha value is -1.34. The van der Waals surface area contributed by atoms with Crippen molar-refractivity contribution in [3.05, 3.63) is 22.0 Å². The molecular formula is C11H11N3S. The zero-order valence-corrected chi connectivity index (χ0v) is 9.10. The maximum atomic E-state index is 8.93. The summed E-state index contributed by atoms with van der Waals surface area (Å²) in [5.41, 5.74) is 3.04. The van der Waals surface area contributed by atoms with Gasteiger partial charge in [-0.2, -0.15) is 5.26 Å². The fraction of sp³-hybridized carbons (Fsp3) is 0.455. The van der Waals surface area contributed by atoms with E-state index < -0.39 is 0 Å². The van der Waals surface area contributed by atoms with Crippen LogP contribution in [0.15, 0.2) is 6.07 Å². The normalized spacial score (nSPS) is 18.7. The van der Waals surface area contributed by atoms with Gasteiger partial charge in [0.1, 0.15) is 10.7 Å². The van der Waals surface area contributed by atoms with E-state index in [0.29, 0.717) is 16.1 Å². The number of pyridine rings is 1. The molecule has 0 radical (unpaired) electrons. The molecule has 0 saturated carbocycles. The van der Waals surface area contributed by atoms with Crippen LogP contribution in [0.1, 0.15) is 30.0 Å². The number of aromatic nitrogens is 1. The second-order valence-corrected chi connectivity index (χ2v) is 4.59. The third kappa shape index (κ3) is 1.20. The van der Waals surface area contributed by atoms with E-state index in [1.54, 1.807) is 0 Å². The lowest BCUT2D eigenvalue weighted by Crippen LogP contribution is -2.39. The van der Waals surface area contributed by atoms with E-state index in [4.69, 9.17) is 17.5 Å². The molecule has 1 N–H and O–H groups in total. The quantitative estimate of drug-likeness (QED) is 0.678. The predicted molar refractivity (Wildman–Crippen MR) is 60.5 cm³/mol. The Bertz CT molecular complexity index is 504. The first-order valence-corrected chi connectivity index (χ1v) is 5.62. The lowest BCUT2D eigenvalue weighted by molar-refractivity contribution is 0.463. The van der Waals surface area contributed by atoms with Gasteiger partial charge in [0.2, 0.25) is 0 Å². The highest BCUT2D eigenvalue weighted by Gasteiger charge is 2.31. The number of anilines is 1. The molecule has 3 aliphatic rings. The molecule has 1 aromatic rings. The Balaban J connectivity index is 2.25. The average Bonchev–Trinajstić information content (AvgIpc) is 2.29. The van der Waals surface area contributed by atoms with Crippen LogP contribution in [0.5, 0.6) is 0 Å². The van der Waals surface area contributed by atoms with Crippen LogP contribution >= 0.6 is 12.2 Å². The summed E-state index contributed by atoms with van der Waals surface area (Å²) in [5, 5.41) is 8.93. The highest BCUT2D eigenvalue weighted by molar-refractivity contribution is 7.71. The predicted octanol–water partition coefficient (Wildman–Crippen LogP) is 2.31. The molecule has 4 heteroatoms. The van der Waals surface area contributed by atoms with Crippen molar-refractivity contribution in [2.45, 2.75) is 18.8 Å². The van der Waals surface area contributed by atoms with Gasteiger partial charge in [0.05, 0.1) is 11.3 Å². The standard InChI is InChI=1S/C11H11N3S/c12-6-8-5-9-10(13-11(8)15)7-1-3-14(9)4-2-7/h5,7H,1-4H2,(H,13,15). The van der Waals surface area contributed by atoms with E-state index in [9.17, 15) is 0 Å². The number of hydrogen-bond donors (Lipinski definition) is 1. The number of nitriles is 1. The van der Waals surface area contributed by atoms with Crippen LogP contribution in [0, 0.1) is 16.0 Å². The number of fused-ring (bicyclic) bond motifs is 2. The second-order valence-electron chi connectivity index (χ2n) is 4.18. The zero-order valence-electron chi connectivity index (χ0n) is 8.29. The van der Waals surface area contributed by atoms with Gasteiger partial charge in [-0.15, -0.1) is 0 Å². The molecule has 0 aliphatic carbocycles. The molecule has 4 rings (SSSR count). The lowest BCUT2D eigenvalue weighted by atomic mass is 9.86. The molecule has 0 amide bonds. The summed E-state index contributed by atoms with van der Waals surface area (Å²) >= 11 is 5.16. The van der Waals surface area contributed by atoms with Crippen molar-refractivity contribution in [1.29, 1.82) is 5.26 Å². The van der Waals surface area contributed by atoms with Gasteiger partial charge in [0.25, 0.3) is 0 Å². The molecule has 1 aromatic heterocycles. The molecule has 1 saturated heterocycles. The largest absolute Gasteiger partial charge is 0.370 e. The van der Waals surface area contributed by atoms with Gasteiger partial charge in [-0.3, -0.25) is 0 Å². The molecule has 3 aliphatic heterocycles. The van der Waals surface area contributed by atoms with Gasteiger partial charge in [0, 0.05) is 24.7 Å². The number of hydrogen-bond acceptors (Lipinski definition) is 3. The van der Waals surface area contributed by atoms with Crippen molar-refractivity contribution in [3.8, 4) is 6.07 Å². The molecule has 2 bridgehead atoms. The molecule has 3 nitrogen and oxygen atoms in total. The maximum Gasteiger partial charge on any atom is 0.121 e. The van der Waals surface area contributed by atoms with Crippen molar-refractivity contribution in [1.82, 2.24) is 4.98 Å². The fourth-order valence-electron chi connectivity index (χ4n) is 2.60. The molecule has 1 fully saturated rings. The molecule has 0 aromatic carbocycles. The molecule has 76 valence electrons. The van der Waals surface area contributed by atoms with E-state index in [0.717, 1.165) is 13.1 Å². The van der Waals surface area contributed by atoms with Crippen molar-refractivity contribution in [2.75, 3.05) is 18.0 Å². The molecule has 0 spiro atoms. The van der Waals surface area contributed by atoms with Crippen LogP contribution in [-0.4, -0.2) is 18.1 Å². The van der Waals surface area contributed by atoms with Crippen LogP contribution < -0.4 is 4.90 Å². The number of piperidine rings is 1. The second kappa shape index (κ2) is 3.07. The van der Waals surface area contributed by atoms with Crippen molar-refractivity contribution >= 4 is 17.9 Å². The summed E-state index contributed by atoms with van der Waals surface area (Å²) in [6.45, 7) is 2.24. The van der Waals surface area contributed by atoms with Crippen molar-refractivity contribution in [3.63, 3.8) is 0 Å². The number of H-pyrrole nitrogens is 1. The summed E-state index contributed by atoms with van der Waals surface area (Å²) in [6.07, 6.45) is 2.42. The van der Waals surface area contributed by atoms with Gasteiger partial charge >= 0.3 is 0 Å². The average molecular weight is 217 g/mol. The minimum absolute atomic E-state index is 0.588. The minimum Gasteiger partial charge on any atom is -0.370 e. The van der Waals surface area contributed by atoms with E-state index in [2.05, 4.69) is 16.0 Å². The van der Waals surface area contributed by atoms with Gasteiger partial charge < -0.3 is 9.88 Å². The van der Waals surface area contributed by atoms with Crippen molar-refractivity contribution < 1.29 is 0 Å². The van der Waals surface area contributed by atoms with Crippen molar-refractivity contribution in [2.24, 2.45) is 0 Å². The number of nitrogens with zero attached hydrogens (tertiary/aromatic N) is 2. The summed E-state index contributed by atoms with van der Waals surface area (Å²) in [6, 6.07) is 4.09. The van der Waals surface area contributed by atoms with E-state index in [-0.39, 0.29) is 0 Å². The Kier molecular flexibility index (Phi) is 1.83. The minimum atomic E-state index is 0.588. The molecule has 15 heavy (non-hydrogen) atoms. The smallest absolute Gasteiger partial charge is 0.121 e. The van der Waals surface area contributed by atoms with E-state index in [1.807, 2.05) is 6.07 Å². The fourth-order valence-corrected chi connectivity index (χ4v) is 2.81. The maximum absolute atomic E-state index is 8.93. The van der Waals surface area contributed by atoms with Crippen LogP contribution in [0.25, 0.3) is 0 Å². The third-order valence-electron chi connectivity index (χ3n) is 3.41. The summed E-state index contributed by atoms with van der Waals surface area (Å²) < 4.78 is 0.588. The summed E-state index contributed by atoms with van der Waals surface area (Å²) in [7, 11) is 0. The monoisotopic (exact) mass is 217 g/mol. The van der Waals surface area contributed by atoms with Crippen LogP contribution in [-0.2, 0) is 0 Å². The van der Waals surface area contributed by atoms with E-state index in [1.165, 1.54) is 24.2 Å². The summed E-state index contributed by atoms with van der Waals surface area (Å²) in [5.74, 6) is 0.624. The zero-order chi connectivity index (χ0) is 10.4. The number of rotatable bonds is 0. The Morgan fingerprint density at radius 3 is 2.87 bits per heavy atom. The lowest BCUT2D eigenvalue weighted by Gasteiger charge is -2.41. The van der Waals surface area contributed by atoms with Crippen LogP contribution in [0.2, 0.25) is 0 Å². The first-order chi connectivity index (χ1) is 7.29. The van der Waals surface area contributed by atoms with Crippen LogP contribution in [0.4, 0.5) is 5.69 Å². The first kappa shape index (κ1) is 8.93. The highest BCUT2D eigenvalue weighted by atomic mass is 32.1. The summed E-state index contributed by atoms with van der Waals surface area (Å²) in [4.78, 5) is 5.58. The first-order valence-electron chi connectivity index (χ1n) is 5.22. The molecule has 0 atom stereocenters. The molecular weight excluding hydrogens is 206 g/mol. The molecule has 0 unspecified atom stereocenters. The SMILES string of the molecule is N#Cc1cc2c([nH]c1=S)C1CCN2CC1. The number of nitrogens with one attached hydrogen (secondary N) is 1. The van der Waals surface area contributed by atoms with Gasteiger partial charge in [-0.25, -0.2) is 0 Å². The Morgan fingerprint density at radius 1 is 1.47 bits per heavy atom. The number of aromatic amines is 1. The highest BCUT2D eigenvalue weighted by Crippen LogP contribution is 2.41. The Morgan fingerprint density at radius 2 is 2.20 bits per heavy atom. The van der Waals surface area contributed by atoms with Crippen LogP contribution in [0.3, 0.4) is 0 Å². The van der Waals surface area contributed by atoms with Gasteiger partial charge in [0.15, 0.2) is 0 Å². The third-order valence-corrected chi connectivity index (χ3v) is 3.74. The Labute approximate surface area is 93.3 Å². The van der Waals surface area contributed by atoms with Gasteiger partial charge in [-0.05, 0) is 18.9 Å². The topological polar surface area (TPSA) is 42.8 Å². The van der Waals surface area contributed by atoms with E-state index >= 15 is 0 Å². The molecule has 4 heterocycles. The van der Waals surface area contributed by atoms with Gasteiger partial charge in [-0.1, -0.05) is 12.2 Å².